The molecule has 0 saturated heterocycles. The average Bonchev–Trinajstić information content (AvgIpc) is 3.18. The van der Waals surface area contributed by atoms with Crippen molar-refractivity contribution in [3.05, 3.63) is 149 Å². The molecule has 0 aliphatic carbocycles. The molecule has 2 aliphatic heterocycles. The molecular formula is C50H37NO6. The normalized spacial score (nSPS) is 14.2. The molecule has 7 heteroatoms. The summed E-state index contributed by atoms with van der Waals surface area (Å²) >= 11 is 0. The van der Waals surface area contributed by atoms with E-state index in [4.69, 9.17) is 9.47 Å². The first-order valence-corrected chi connectivity index (χ1v) is 19.1. The number of ether oxygens (including phenoxy) is 2. The maximum atomic E-state index is 13.5. The number of rotatable bonds is 4. The number of cyclic esters (lactones) is 4. The first-order valence-electron chi connectivity index (χ1n) is 19.1. The molecule has 0 spiro atoms. The van der Waals surface area contributed by atoms with Gasteiger partial charge in [0.15, 0.2) is 0 Å². The maximum Gasteiger partial charge on any atom is 0.346 e. The third-order valence-corrected chi connectivity index (χ3v) is 11.7. The van der Waals surface area contributed by atoms with Gasteiger partial charge in [0.05, 0.1) is 22.3 Å². The van der Waals surface area contributed by atoms with E-state index in [1.165, 1.54) is 11.1 Å². The summed E-state index contributed by atoms with van der Waals surface area (Å²) in [5.41, 5.74) is 8.28. The van der Waals surface area contributed by atoms with E-state index in [-0.39, 0.29) is 10.8 Å². The maximum absolute atomic E-state index is 13.5. The molecule has 0 N–H and O–H groups in total. The molecule has 8 aromatic rings. The summed E-state index contributed by atoms with van der Waals surface area (Å²) in [5, 5.41) is 5.73. The Morgan fingerprint density at radius 2 is 0.754 bits per heavy atom. The van der Waals surface area contributed by atoms with E-state index in [9.17, 15) is 19.2 Å². The van der Waals surface area contributed by atoms with Gasteiger partial charge in [0.25, 0.3) is 0 Å². The lowest BCUT2D eigenvalue weighted by Gasteiger charge is -2.28. The van der Waals surface area contributed by atoms with Crippen LogP contribution in [0.2, 0.25) is 0 Å². The zero-order valence-corrected chi connectivity index (χ0v) is 32.4. The minimum absolute atomic E-state index is 0.00293. The second-order valence-corrected chi connectivity index (χ2v) is 17.2. The van der Waals surface area contributed by atoms with Crippen molar-refractivity contribution in [3.8, 4) is 11.1 Å². The Balaban J connectivity index is 1.22. The lowest BCUT2D eigenvalue weighted by atomic mass is 9.81. The van der Waals surface area contributed by atoms with Crippen molar-refractivity contribution in [1.82, 2.24) is 0 Å². The quantitative estimate of drug-likeness (QED) is 0.0766. The van der Waals surface area contributed by atoms with E-state index >= 15 is 0 Å². The average molecular weight is 748 g/mol. The molecule has 0 radical (unpaired) electrons. The van der Waals surface area contributed by atoms with Gasteiger partial charge >= 0.3 is 23.9 Å². The summed E-state index contributed by atoms with van der Waals surface area (Å²) in [6.45, 7) is 13.2. The molecule has 10 rings (SSSR count). The Morgan fingerprint density at radius 3 is 1.21 bits per heavy atom. The van der Waals surface area contributed by atoms with Crippen LogP contribution in [0.4, 0.5) is 17.1 Å². The molecule has 0 saturated carbocycles. The summed E-state index contributed by atoms with van der Waals surface area (Å²) in [7, 11) is 0. The van der Waals surface area contributed by atoms with Crippen molar-refractivity contribution >= 4 is 84.0 Å². The van der Waals surface area contributed by atoms with Crippen LogP contribution in [0.25, 0.3) is 54.2 Å². The fourth-order valence-electron chi connectivity index (χ4n) is 8.74. The lowest BCUT2D eigenvalue weighted by molar-refractivity contribution is 0.0373. The number of esters is 4. The predicted octanol–water partition coefficient (Wildman–Crippen LogP) is 12.1. The van der Waals surface area contributed by atoms with Crippen molar-refractivity contribution < 1.29 is 28.7 Å². The van der Waals surface area contributed by atoms with Gasteiger partial charge in [-0.05, 0) is 126 Å². The Kier molecular flexibility index (Phi) is 7.18. The van der Waals surface area contributed by atoms with Crippen LogP contribution in [-0.2, 0) is 20.3 Å². The summed E-state index contributed by atoms with van der Waals surface area (Å²) in [5.74, 6) is -2.79. The number of carbonyl (C=O) groups excluding carboxylic acids is 4. The Morgan fingerprint density at radius 1 is 0.368 bits per heavy atom. The van der Waals surface area contributed by atoms with Gasteiger partial charge in [-0.15, -0.1) is 0 Å². The third-order valence-electron chi connectivity index (χ3n) is 11.7. The van der Waals surface area contributed by atoms with Crippen molar-refractivity contribution in [1.29, 1.82) is 0 Å². The van der Waals surface area contributed by atoms with Gasteiger partial charge < -0.3 is 14.4 Å². The van der Waals surface area contributed by atoms with Crippen LogP contribution in [0, 0.1) is 0 Å². The monoisotopic (exact) mass is 747 g/mol. The van der Waals surface area contributed by atoms with Gasteiger partial charge in [-0.25, -0.2) is 19.2 Å². The van der Waals surface area contributed by atoms with Crippen LogP contribution in [0.5, 0.6) is 0 Å². The molecule has 0 atom stereocenters. The second-order valence-electron chi connectivity index (χ2n) is 17.2. The number of fused-ring (bicyclic) bond motifs is 2. The standard InChI is InChI=1S/C50H37NO6/c1-49(2,3)27-9-15-30(16-10-27)51(31-17-11-28(12-18-31)50(4,5)6)29-13-7-26(8-14-29)38-25-39-43-37(47(54)57-48(39)55)23-20-33-32-19-22-35-42-36(46(53)56-45(35)52)24-21-34(40(32)42)41(38)44(33)43/h7-25H,1-6H3. The fourth-order valence-corrected chi connectivity index (χ4v) is 8.74. The number of hydrogen-bond acceptors (Lipinski definition) is 7. The molecule has 278 valence electrons. The van der Waals surface area contributed by atoms with Gasteiger partial charge in [0.1, 0.15) is 0 Å². The summed E-state index contributed by atoms with van der Waals surface area (Å²) in [6, 6.07) is 38.1. The van der Waals surface area contributed by atoms with Gasteiger partial charge in [0.2, 0.25) is 0 Å². The van der Waals surface area contributed by atoms with E-state index in [1.54, 1.807) is 18.2 Å². The highest BCUT2D eigenvalue weighted by molar-refractivity contribution is 6.41. The van der Waals surface area contributed by atoms with Crippen molar-refractivity contribution in [2.45, 2.75) is 52.4 Å². The molecule has 0 amide bonds. The minimum Gasteiger partial charge on any atom is -0.386 e. The second kappa shape index (κ2) is 11.8. The largest absolute Gasteiger partial charge is 0.386 e. The Hall–Kier alpha value is -6.86. The summed E-state index contributed by atoms with van der Waals surface area (Å²) in [4.78, 5) is 54.9. The highest BCUT2D eigenvalue weighted by atomic mass is 16.6. The molecule has 57 heavy (non-hydrogen) atoms. The molecule has 0 unspecified atom stereocenters. The van der Waals surface area contributed by atoms with Gasteiger partial charge in [-0.3, -0.25) is 0 Å². The first kappa shape index (κ1) is 34.6. The molecule has 0 bridgehead atoms. The fraction of sp³-hybridized carbons (Fsp3) is 0.160. The Bertz CT molecular complexity index is 2990. The van der Waals surface area contributed by atoms with E-state index in [1.807, 2.05) is 36.4 Å². The highest BCUT2D eigenvalue weighted by Gasteiger charge is 2.34. The van der Waals surface area contributed by atoms with Crippen molar-refractivity contribution in [3.63, 3.8) is 0 Å². The molecule has 2 heterocycles. The van der Waals surface area contributed by atoms with Crippen LogP contribution < -0.4 is 4.90 Å². The molecular weight excluding hydrogens is 711 g/mol. The zero-order chi connectivity index (χ0) is 39.7. The molecule has 2 aliphatic rings. The van der Waals surface area contributed by atoms with E-state index < -0.39 is 23.9 Å². The van der Waals surface area contributed by atoms with Crippen molar-refractivity contribution in [2.24, 2.45) is 0 Å². The van der Waals surface area contributed by atoms with Crippen LogP contribution in [0.3, 0.4) is 0 Å². The number of benzene rings is 8. The smallest absolute Gasteiger partial charge is 0.346 e. The van der Waals surface area contributed by atoms with E-state index in [0.29, 0.717) is 33.0 Å². The number of hydrogen-bond donors (Lipinski definition) is 0. The molecule has 0 aromatic heterocycles. The van der Waals surface area contributed by atoms with E-state index in [2.05, 4.69) is 107 Å². The van der Waals surface area contributed by atoms with Gasteiger partial charge in [-0.2, -0.15) is 0 Å². The Labute approximate surface area is 328 Å². The zero-order valence-electron chi connectivity index (χ0n) is 32.4. The number of anilines is 3. The minimum atomic E-state index is -0.706. The molecule has 7 nitrogen and oxygen atoms in total. The summed E-state index contributed by atoms with van der Waals surface area (Å²) in [6.07, 6.45) is 0. The summed E-state index contributed by atoms with van der Waals surface area (Å²) < 4.78 is 10.4. The number of nitrogens with zero attached hydrogens (tertiary/aromatic N) is 1. The topological polar surface area (TPSA) is 90.0 Å². The highest BCUT2D eigenvalue weighted by Crippen LogP contribution is 2.49. The molecule has 0 fully saturated rings. The van der Waals surface area contributed by atoms with E-state index in [0.717, 1.165) is 60.5 Å². The van der Waals surface area contributed by atoms with Crippen molar-refractivity contribution in [2.75, 3.05) is 4.90 Å². The van der Waals surface area contributed by atoms with Gasteiger partial charge in [0, 0.05) is 27.8 Å². The third kappa shape index (κ3) is 5.11. The lowest BCUT2D eigenvalue weighted by Crippen LogP contribution is -2.20. The SMILES string of the molecule is CC(C)(C)c1ccc(N(c2ccc(-c3cc4c5c(ccc6c7ccc8c9c(ccc(c3c56)c97)C(=O)OC8=O)C(=O)OC4=O)cc2)c2ccc(C(C)(C)C)cc2)cc1. The van der Waals surface area contributed by atoms with Crippen LogP contribution >= 0.6 is 0 Å². The predicted molar refractivity (Wildman–Crippen MR) is 225 cm³/mol. The van der Waals surface area contributed by atoms with Crippen LogP contribution in [0.1, 0.15) is 94.1 Å². The number of carbonyl (C=O) groups is 4. The molecule has 8 aromatic carbocycles. The first-order chi connectivity index (χ1) is 27.2. The van der Waals surface area contributed by atoms with Crippen LogP contribution in [-0.4, -0.2) is 23.9 Å². The van der Waals surface area contributed by atoms with Crippen LogP contribution in [0.15, 0.2) is 115 Å². The van der Waals surface area contributed by atoms with Gasteiger partial charge in [-0.1, -0.05) is 96.1 Å².